The molecule has 1 aromatic heterocycles. The fourth-order valence-corrected chi connectivity index (χ4v) is 3.81. The minimum Gasteiger partial charge on any atom is -0.395 e. The lowest BCUT2D eigenvalue weighted by Gasteiger charge is -2.10. The lowest BCUT2D eigenvalue weighted by Crippen LogP contribution is -2.08. The SMILES string of the molecule is Cc1ccc2c(c1)C(c1ccc(F)cc1)=Nc1c(NCCO)ncnc1S2. The molecule has 0 radical (unpaired) electrons. The van der Waals surface area contributed by atoms with Crippen LogP contribution in [0.5, 0.6) is 0 Å². The van der Waals surface area contributed by atoms with E-state index in [1.807, 2.05) is 19.1 Å². The monoisotopic (exact) mass is 380 g/mol. The van der Waals surface area contributed by atoms with Crippen LogP contribution in [0.25, 0.3) is 0 Å². The molecule has 2 heterocycles. The maximum absolute atomic E-state index is 13.4. The van der Waals surface area contributed by atoms with Gasteiger partial charge >= 0.3 is 0 Å². The first-order valence-corrected chi connectivity index (χ1v) is 9.30. The van der Waals surface area contributed by atoms with Gasteiger partial charge in [0.1, 0.15) is 22.9 Å². The average Bonchev–Trinajstić information content (AvgIpc) is 2.84. The Morgan fingerprint density at radius 2 is 1.93 bits per heavy atom. The number of aliphatic hydroxyl groups is 1. The number of aromatic nitrogens is 2. The van der Waals surface area contributed by atoms with Gasteiger partial charge in [-0.2, -0.15) is 0 Å². The van der Waals surface area contributed by atoms with Gasteiger partial charge in [-0.3, -0.25) is 0 Å². The molecule has 2 N–H and O–H groups in total. The number of fused-ring (bicyclic) bond motifs is 2. The topological polar surface area (TPSA) is 70.4 Å². The number of aryl methyl sites for hydroxylation is 1. The number of nitrogens with zero attached hydrogens (tertiary/aromatic N) is 3. The van der Waals surface area contributed by atoms with E-state index in [2.05, 4.69) is 21.4 Å². The highest BCUT2D eigenvalue weighted by Crippen LogP contribution is 2.42. The largest absolute Gasteiger partial charge is 0.395 e. The van der Waals surface area contributed by atoms with E-state index in [9.17, 15) is 4.39 Å². The molecular formula is C20H17FN4OS. The van der Waals surface area contributed by atoms with Gasteiger partial charge in [-0.25, -0.2) is 19.4 Å². The van der Waals surface area contributed by atoms with Crippen LogP contribution in [-0.4, -0.2) is 33.9 Å². The molecule has 1 aliphatic rings. The van der Waals surface area contributed by atoms with Crippen molar-refractivity contribution in [2.75, 3.05) is 18.5 Å². The number of aliphatic imine (C=N–C) groups is 1. The van der Waals surface area contributed by atoms with Crippen LogP contribution < -0.4 is 5.32 Å². The van der Waals surface area contributed by atoms with Crippen molar-refractivity contribution in [1.82, 2.24) is 9.97 Å². The molecule has 0 saturated heterocycles. The van der Waals surface area contributed by atoms with Crippen LogP contribution in [0, 0.1) is 12.7 Å². The Labute approximate surface area is 160 Å². The van der Waals surface area contributed by atoms with Crippen molar-refractivity contribution in [2.24, 2.45) is 4.99 Å². The molecule has 0 bridgehead atoms. The van der Waals surface area contributed by atoms with Crippen molar-refractivity contribution in [3.05, 3.63) is 71.3 Å². The van der Waals surface area contributed by atoms with E-state index in [-0.39, 0.29) is 12.4 Å². The van der Waals surface area contributed by atoms with Crippen LogP contribution in [0.2, 0.25) is 0 Å². The zero-order valence-electron chi connectivity index (χ0n) is 14.6. The van der Waals surface area contributed by atoms with E-state index in [1.54, 1.807) is 12.1 Å². The number of hydrogen-bond acceptors (Lipinski definition) is 6. The number of rotatable bonds is 4. The number of nitrogens with one attached hydrogen (secondary N) is 1. The van der Waals surface area contributed by atoms with Crippen LogP contribution in [0.4, 0.5) is 15.9 Å². The van der Waals surface area contributed by atoms with Crippen molar-refractivity contribution in [3.8, 4) is 0 Å². The second kappa shape index (κ2) is 7.46. The lowest BCUT2D eigenvalue weighted by molar-refractivity contribution is 0.311. The van der Waals surface area contributed by atoms with Gasteiger partial charge in [-0.05, 0) is 43.3 Å². The quantitative estimate of drug-likeness (QED) is 0.525. The van der Waals surface area contributed by atoms with Gasteiger partial charge in [0.05, 0.1) is 12.3 Å². The van der Waals surface area contributed by atoms with Gasteiger partial charge < -0.3 is 10.4 Å². The second-order valence-corrected chi connectivity index (χ2v) is 7.13. The number of benzene rings is 2. The Morgan fingerprint density at radius 3 is 2.70 bits per heavy atom. The van der Waals surface area contributed by atoms with Crippen LogP contribution in [0.15, 0.2) is 63.7 Å². The van der Waals surface area contributed by atoms with E-state index in [0.717, 1.165) is 32.3 Å². The summed E-state index contributed by atoms with van der Waals surface area (Å²) in [6.07, 6.45) is 1.48. The average molecular weight is 380 g/mol. The van der Waals surface area contributed by atoms with E-state index < -0.39 is 0 Å². The molecule has 136 valence electrons. The minimum atomic E-state index is -0.291. The Bertz CT molecular complexity index is 1020. The normalized spacial score (nSPS) is 12.6. The third-order valence-electron chi connectivity index (χ3n) is 4.13. The molecule has 0 fully saturated rings. The summed E-state index contributed by atoms with van der Waals surface area (Å²) in [7, 11) is 0. The molecule has 27 heavy (non-hydrogen) atoms. The molecule has 4 rings (SSSR count). The Morgan fingerprint density at radius 1 is 1.11 bits per heavy atom. The van der Waals surface area contributed by atoms with Gasteiger partial charge in [-0.15, -0.1) is 0 Å². The molecule has 0 amide bonds. The van der Waals surface area contributed by atoms with E-state index in [1.165, 1.54) is 30.2 Å². The van der Waals surface area contributed by atoms with Crippen molar-refractivity contribution < 1.29 is 9.50 Å². The first kappa shape index (κ1) is 17.6. The standard InChI is InChI=1S/C20H17FN4OS/c1-12-2-7-16-15(10-12)17(13-3-5-14(21)6-4-13)25-18-19(22-8-9-26)23-11-24-20(18)27-16/h2-7,10-11,26H,8-9H2,1H3,(H,22,23,24). The molecular weight excluding hydrogens is 363 g/mol. The Hall–Kier alpha value is -2.77. The molecule has 0 atom stereocenters. The maximum atomic E-state index is 13.4. The van der Waals surface area contributed by atoms with Crippen molar-refractivity contribution >= 4 is 29.0 Å². The maximum Gasteiger partial charge on any atom is 0.156 e. The third kappa shape index (κ3) is 3.56. The van der Waals surface area contributed by atoms with Crippen LogP contribution in [0.1, 0.15) is 16.7 Å². The first-order chi connectivity index (χ1) is 13.2. The third-order valence-corrected chi connectivity index (χ3v) is 5.20. The minimum absolute atomic E-state index is 0.0140. The summed E-state index contributed by atoms with van der Waals surface area (Å²) in [4.78, 5) is 14.6. The van der Waals surface area contributed by atoms with Crippen LogP contribution in [0.3, 0.4) is 0 Å². The summed E-state index contributed by atoms with van der Waals surface area (Å²) in [5, 5.41) is 13.0. The Kier molecular flexibility index (Phi) is 4.87. The zero-order valence-corrected chi connectivity index (χ0v) is 15.4. The van der Waals surface area contributed by atoms with Crippen molar-refractivity contribution in [1.29, 1.82) is 0 Å². The summed E-state index contributed by atoms with van der Waals surface area (Å²) in [6.45, 7) is 2.38. The molecule has 1 aliphatic heterocycles. The van der Waals surface area contributed by atoms with Crippen molar-refractivity contribution in [3.63, 3.8) is 0 Å². The van der Waals surface area contributed by atoms with Gasteiger partial charge in [0.25, 0.3) is 0 Å². The predicted molar refractivity (Wildman–Crippen MR) is 105 cm³/mol. The highest BCUT2D eigenvalue weighted by atomic mass is 32.2. The van der Waals surface area contributed by atoms with Gasteiger partial charge in [0.15, 0.2) is 5.82 Å². The fraction of sp³-hybridized carbons (Fsp3) is 0.150. The smallest absolute Gasteiger partial charge is 0.156 e. The molecule has 5 nitrogen and oxygen atoms in total. The molecule has 0 saturated carbocycles. The van der Waals surface area contributed by atoms with Crippen LogP contribution >= 0.6 is 11.8 Å². The fourth-order valence-electron chi connectivity index (χ4n) is 2.86. The molecule has 3 aromatic rings. The van der Waals surface area contributed by atoms with Crippen LogP contribution in [-0.2, 0) is 0 Å². The molecule has 0 aliphatic carbocycles. The van der Waals surface area contributed by atoms with Gasteiger partial charge in [-0.1, -0.05) is 23.4 Å². The summed E-state index contributed by atoms with van der Waals surface area (Å²) in [5.41, 5.74) is 4.25. The summed E-state index contributed by atoms with van der Waals surface area (Å²) < 4.78 is 13.4. The summed E-state index contributed by atoms with van der Waals surface area (Å²) in [5.74, 6) is 0.270. The van der Waals surface area contributed by atoms with Crippen molar-refractivity contribution in [2.45, 2.75) is 16.8 Å². The number of anilines is 1. The summed E-state index contributed by atoms with van der Waals surface area (Å²) in [6, 6.07) is 12.5. The molecule has 0 spiro atoms. The zero-order chi connectivity index (χ0) is 18.8. The highest BCUT2D eigenvalue weighted by molar-refractivity contribution is 7.99. The lowest BCUT2D eigenvalue weighted by atomic mass is 10.0. The van der Waals surface area contributed by atoms with Gasteiger partial charge in [0, 0.05) is 22.6 Å². The van der Waals surface area contributed by atoms with Gasteiger partial charge in [0.2, 0.25) is 0 Å². The van der Waals surface area contributed by atoms with E-state index in [4.69, 9.17) is 10.1 Å². The highest BCUT2D eigenvalue weighted by Gasteiger charge is 2.22. The number of halogens is 1. The number of aliphatic hydroxyl groups excluding tert-OH is 1. The molecule has 2 aromatic carbocycles. The van der Waals surface area contributed by atoms with E-state index >= 15 is 0 Å². The Balaban J connectivity index is 1.94. The van der Waals surface area contributed by atoms with E-state index in [0.29, 0.717) is 18.1 Å². The summed E-state index contributed by atoms with van der Waals surface area (Å²) >= 11 is 1.52. The first-order valence-electron chi connectivity index (χ1n) is 8.49. The molecule has 0 unspecified atom stereocenters. The molecule has 7 heteroatoms. The second-order valence-electron chi connectivity index (χ2n) is 6.10. The number of hydrogen-bond donors (Lipinski definition) is 2. The predicted octanol–water partition coefficient (Wildman–Crippen LogP) is 3.96.